The summed E-state index contributed by atoms with van der Waals surface area (Å²) in [6.45, 7) is 0.793. The zero-order valence-corrected chi connectivity index (χ0v) is 11.0. The number of hydrogen-bond acceptors (Lipinski definition) is 3. The number of rotatable bonds is 3. The minimum Gasteiger partial charge on any atom is -0.300 e. The van der Waals surface area contributed by atoms with Gasteiger partial charge in [0.15, 0.2) is 0 Å². The van der Waals surface area contributed by atoms with Crippen LogP contribution in [0, 0.1) is 5.92 Å². The maximum atomic E-state index is 12.2. The second-order valence-electron chi connectivity index (χ2n) is 5.22. The van der Waals surface area contributed by atoms with Crippen molar-refractivity contribution in [3.05, 3.63) is 0 Å². The zero-order valence-electron chi connectivity index (χ0n) is 10.2. The third kappa shape index (κ3) is 3.52. The van der Waals surface area contributed by atoms with Crippen LogP contribution in [-0.4, -0.2) is 37.3 Å². The minimum absolute atomic E-state index is 0.189. The number of nitrogens with zero attached hydrogens (tertiary/aromatic N) is 1. The molecule has 0 unspecified atom stereocenters. The van der Waals surface area contributed by atoms with Gasteiger partial charge in [-0.05, 0) is 18.8 Å². The van der Waals surface area contributed by atoms with Gasteiger partial charge in [0.05, 0.1) is 5.75 Å². The lowest BCUT2D eigenvalue weighted by molar-refractivity contribution is -0.120. The molecule has 1 aliphatic heterocycles. The molecule has 0 atom stereocenters. The Hall–Kier alpha value is -0.420. The summed E-state index contributed by atoms with van der Waals surface area (Å²) in [6, 6.07) is 0. The van der Waals surface area contributed by atoms with Crippen molar-refractivity contribution in [1.82, 2.24) is 4.31 Å². The maximum Gasteiger partial charge on any atom is 0.214 e. The molecule has 0 aromatic carbocycles. The highest BCUT2D eigenvalue weighted by Gasteiger charge is 2.29. The summed E-state index contributed by atoms with van der Waals surface area (Å²) in [6.07, 6.45) is 6.46. The van der Waals surface area contributed by atoms with Crippen LogP contribution in [0.15, 0.2) is 0 Å². The molecule has 0 radical (unpaired) electrons. The highest BCUT2D eigenvalue weighted by atomic mass is 32.2. The SMILES string of the molecule is O=C1CCN(S(=O)(=O)CC2CCCCC2)CC1. The van der Waals surface area contributed by atoms with E-state index in [0.29, 0.717) is 37.6 Å². The quantitative estimate of drug-likeness (QED) is 0.773. The topological polar surface area (TPSA) is 54.5 Å². The smallest absolute Gasteiger partial charge is 0.214 e. The first-order valence-corrected chi connectivity index (χ1v) is 8.18. The van der Waals surface area contributed by atoms with E-state index in [0.717, 1.165) is 12.8 Å². The molecule has 0 aromatic heterocycles. The molecule has 98 valence electrons. The second-order valence-corrected chi connectivity index (χ2v) is 7.23. The van der Waals surface area contributed by atoms with Crippen LogP contribution in [0.1, 0.15) is 44.9 Å². The number of sulfonamides is 1. The fourth-order valence-corrected chi connectivity index (χ4v) is 4.65. The van der Waals surface area contributed by atoms with E-state index in [1.165, 1.54) is 23.6 Å². The lowest BCUT2D eigenvalue weighted by Gasteiger charge is -2.28. The van der Waals surface area contributed by atoms with Crippen molar-refractivity contribution >= 4 is 15.8 Å². The lowest BCUT2D eigenvalue weighted by atomic mass is 9.91. The molecule has 1 aliphatic carbocycles. The van der Waals surface area contributed by atoms with E-state index in [1.807, 2.05) is 0 Å². The van der Waals surface area contributed by atoms with E-state index in [2.05, 4.69) is 0 Å². The van der Waals surface area contributed by atoms with Crippen LogP contribution in [0.3, 0.4) is 0 Å². The van der Waals surface area contributed by atoms with Gasteiger partial charge >= 0.3 is 0 Å². The zero-order chi connectivity index (χ0) is 12.3. The second kappa shape index (κ2) is 5.48. The summed E-state index contributed by atoms with van der Waals surface area (Å²) in [7, 11) is -3.13. The number of carbonyl (C=O) groups excluding carboxylic acids is 1. The number of Topliss-reactive ketones (excluding diaryl/α,β-unsaturated/α-hetero) is 1. The molecule has 1 saturated heterocycles. The van der Waals surface area contributed by atoms with Gasteiger partial charge in [0, 0.05) is 25.9 Å². The molecule has 0 aromatic rings. The fraction of sp³-hybridized carbons (Fsp3) is 0.917. The monoisotopic (exact) mass is 259 g/mol. The van der Waals surface area contributed by atoms with Gasteiger partial charge in [0.2, 0.25) is 10.0 Å². The van der Waals surface area contributed by atoms with E-state index in [9.17, 15) is 13.2 Å². The summed E-state index contributed by atoms with van der Waals surface area (Å²) in [4.78, 5) is 11.1. The number of carbonyl (C=O) groups is 1. The largest absolute Gasteiger partial charge is 0.300 e. The molecule has 5 heteroatoms. The van der Waals surface area contributed by atoms with Gasteiger partial charge in [-0.15, -0.1) is 0 Å². The van der Waals surface area contributed by atoms with Crippen LogP contribution < -0.4 is 0 Å². The van der Waals surface area contributed by atoms with Crippen LogP contribution in [0.25, 0.3) is 0 Å². The van der Waals surface area contributed by atoms with Crippen molar-refractivity contribution in [2.45, 2.75) is 44.9 Å². The van der Waals surface area contributed by atoms with Gasteiger partial charge in [-0.2, -0.15) is 0 Å². The Morgan fingerprint density at radius 1 is 1.06 bits per heavy atom. The first-order valence-electron chi connectivity index (χ1n) is 6.57. The number of ketones is 1. The number of hydrogen-bond donors (Lipinski definition) is 0. The fourth-order valence-electron chi connectivity index (χ4n) is 2.77. The Labute approximate surface area is 103 Å². The molecule has 4 nitrogen and oxygen atoms in total. The Kier molecular flexibility index (Phi) is 4.20. The average molecular weight is 259 g/mol. The normalized spacial score (nSPS) is 25.1. The van der Waals surface area contributed by atoms with Crippen molar-refractivity contribution in [2.24, 2.45) is 5.92 Å². The third-order valence-electron chi connectivity index (χ3n) is 3.84. The molecular formula is C12H21NO3S. The molecule has 0 N–H and O–H groups in total. The summed E-state index contributed by atoms with van der Waals surface area (Å²) < 4.78 is 25.9. The molecule has 1 heterocycles. The first kappa shape index (κ1) is 13.0. The molecule has 0 spiro atoms. The van der Waals surface area contributed by atoms with Crippen molar-refractivity contribution < 1.29 is 13.2 Å². The van der Waals surface area contributed by atoms with Gasteiger partial charge in [0.25, 0.3) is 0 Å². The predicted molar refractivity (Wildman–Crippen MR) is 66.2 cm³/mol. The summed E-state index contributed by atoms with van der Waals surface area (Å²) in [5.74, 6) is 0.821. The van der Waals surface area contributed by atoms with E-state index in [4.69, 9.17) is 0 Å². The van der Waals surface area contributed by atoms with E-state index in [1.54, 1.807) is 0 Å². The molecule has 1 saturated carbocycles. The molecule has 2 aliphatic rings. The molecule has 2 rings (SSSR count). The summed E-state index contributed by atoms with van der Waals surface area (Å²) in [5.41, 5.74) is 0. The van der Waals surface area contributed by atoms with Gasteiger partial charge in [0.1, 0.15) is 5.78 Å². The average Bonchev–Trinajstić information content (AvgIpc) is 2.30. The molecular weight excluding hydrogens is 238 g/mol. The molecule has 0 bridgehead atoms. The third-order valence-corrected chi connectivity index (χ3v) is 5.89. The van der Waals surface area contributed by atoms with Crippen LogP contribution in [0.4, 0.5) is 0 Å². The van der Waals surface area contributed by atoms with Gasteiger partial charge in [-0.25, -0.2) is 12.7 Å². The van der Waals surface area contributed by atoms with E-state index in [-0.39, 0.29) is 5.78 Å². The Morgan fingerprint density at radius 3 is 2.24 bits per heavy atom. The van der Waals surface area contributed by atoms with Crippen molar-refractivity contribution in [1.29, 1.82) is 0 Å². The van der Waals surface area contributed by atoms with Gasteiger partial charge in [-0.3, -0.25) is 4.79 Å². The Bertz CT molecular complexity index is 361. The van der Waals surface area contributed by atoms with E-state index >= 15 is 0 Å². The highest BCUT2D eigenvalue weighted by Crippen LogP contribution is 2.26. The lowest BCUT2D eigenvalue weighted by Crippen LogP contribution is -2.41. The summed E-state index contributed by atoms with van der Waals surface area (Å²) >= 11 is 0. The highest BCUT2D eigenvalue weighted by molar-refractivity contribution is 7.89. The minimum atomic E-state index is -3.13. The predicted octanol–water partition coefficient (Wildman–Crippen LogP) is 1.56. The molecule has 17 heavy (non-hydrogen) atoms. The molecule has 2 fully saturated rings. The van der Waals surface area contributed by atoms with E-state index < -0.39 is 10.0 Å². The number of piperidine rings is 1. The van der Waals surface area contributed by atoms with Crippen LogP contribution >= 0.6 is 0 Å². The van der Waals surface area contributed by atoms with Crippen LogP contribution in [-0.2, 0) is 14.8 Å². The van der Waals surface area contributed by atoms with Gasteiger partial charge in [-0.1, -0.05) is 19.3 Å². The standard InChI is InChI=1S/C12H21NO3S/c14-12-6-8-13(9-7-12)17(15,16)10-11-4-2-1-3-5-11/h11H,1-10H2. The first-order chi connectivity index (χ1) is 8.08. The van der Waals surface area contributed by atoms with Crippen LogP contribution in [0.5, 0.6) is 0 Å². The summed E-state index contributed by atoms with van der Waals surface area (Å²) in [5, 5.41) is 0. The molecule has 0 amide bonds. The van der Waals surface area contributed by atoms with Gasteiger partial charge < -0.3 is 0 Å². The Morgan fingerprint density at radius 2 is 1.65 bits per heavy atom. The van der Waals surface area contributed by atoms with Crippen molar-refractivity contribution in [3.63, 3.8) is 0 Å². The maximum absolute atomic E-state index is 12.2. The van der Waals surface area contributed by atoms with Crippen LogP contribution in [0.2, 0.25) is 0 Å². The van der Waals surface area contributed by atoms with Crippen molar-refractivity contribution in [2.75, 3.05) is 18.8 Å². The Balaban J connectivity index is 1.91. The van der Waals surface area contributed by atoms with Crippen molar-refractivity contribution in [3.8, 4) is 0 Å².